The van der Waals surface area contributed by atoms with Crippen LogP contribution in [-0.2, 0) is 9.59 Å². The topological polar surface area (TPSA) is 80.1 Å². The van der Waals surface area contributed by atoms with Gasteiger partial charge in [-0.1, -0.05) is 0 Å². The number of hydrogen-bond acceptors (Lipinski definition) is 4. The molecule has 1 fully saturated rings. The van der Waals surface area contributed by atoms with E-state index in [0.717, 1.165) is 18.7 Å². The van der Waals surface area contributed by atoms with Gasteiger partial charge in [-0.25, -0.2) is 9.67 Å². The van der Waals surface area contributed by atoms with E-state index >= 15 is 0 Å². The lowest BCUT2D eigenvalue weighted by atomic mass is 10.2. The zero-order valence-electron chi connectivity index (χ0n) is 12.3. The zero-order chi connectivity index (χ0) is 15.5. The second-order valence-corrected chi connectivity index (χ2v) is 5.24. The number of benzene rings is 1. The number of anilines is 2. The molecular weight excluding hydrogens is 282 g/mol. The van der Waals surface area contributed by atoms with Gasteiger partial charge in [-0.05, 0) is 37.6 Å². The van der Waals surface area contributed by atoms with Crippen molar-refractivity contribution in [3.8, 4) is 0 Å². The number of carbonyl (C=O) groups is 2. The van der Waals surface area contributed by atoms with Crippen molar-refractivity contribution in [3.05, 3.63) is 36.9 Å². The first kappa shape index (κ1) is 14.2. The van der Waals surface area contributed by atoms with Crippen LogP contribution in [0.1, 0.15) is 25.8 Å². The number of rotatable bonds is 4. The van der Waals surface area contributed by atoms with Crippen LogP contribution in [-0.4, -0.2) is 33.1 Å². The molecule has 1 saturated heterocycles. The summed E-state index contributed by atoms with van der Waals surface area (Å²) < 4.78 is 1.49. The van der Waals surface area contributed by atoms with Gasteiger partial charge in [0.05, 0.1) is 0 Å². The molecule has 1 aromatic carbocycles. The Morgan fingerprint density at radius 2 is 2.09 bits per heavy atom. The summed E-state index contributed by atoms with van der Waals surface area (Å²) in [5.74, 6) is -0.0212. The molecule has 0 spiro atoms. The molecule has 0 unspecified atom stereocenters. The first-order valence-electron chi connectivity index (χ1n) is 7.20. The van der Waals surface area contributed by atoms with E-state index in [9.17, 15) is 9.59 Å². The molecule has 1 aliphatic rings. The Balaban J connectivity index is 1.66. The van der Waals surface area contributed by atoms with Gasteiger partial charge in [0.2, 0.25) is 11.8 Å². The molecule has 7 heteroatoms. The van der Waals surface area contributed by atoms with Crippen LogP contribution in [0.4, 0.5) is 11.4 Å². The molecule has 7 nitrogen and oxygen atoms in total. The monoisotopic (exact) mass is 299 g/mol. The van der Waals surface area contributed by atoms with Crippen molar-refractivity contribution in [2.75, 3.05) is 16.8 Å². The van der Waals surface area contributed by atoms with E-state index in [0.29, 0.717) is 12.1 Å². The van der Waals surface area contributed by atoms with Crippen LogP contribution < -0.4 is 10.2 Å². The van der Waals surface area contributed by atoms with Gasteiger partial charge in [-0.3, -0.25) is 9.59 Å². The van der Waals surface area contributed by atoms with Crippen molar-refractivity contribution in [2.24, 2.45) is 0 Å². The van der Waals surface area contributed by atoms with Gasteiger partial charge >= 0.3 is 0 Å². The van der Waals surface area contributed by atoms with Crippen LogP contribution >= 0.6 is 0 Å². The third-order valence-corrected chi connectivity index (χ3v) is 3.73. The normalized spacial score (nSPS) is 15.9. The van der Waals surface area contributed by atoms with Gasteiger partial charge in [0.15, 0.2) is 0 Å². The standard InChI is InChI=1S/C15H17N5O2/c1-11(20-10-16-9-17-20)15(22)18-12-4-6-13(7-5-12)19-8-2-3-14(19)21/h4-7,9-11H,2-3,8H2,1H3,(H,18,22)/t11-/m0/s1. The van der Waals surface area contributed by atoms with Crippen molar-refractivity contribution >= 4 is 23.2 Å². The number of aromatic nitrogens is 3. The third kappa shape index (κ3) is 2.83. The van der Waals surface area contributed by atoms with Crippen LogP contribution in [0, 0.1) is 0 Å². The summed E-state index contributed by atoms with van der Waals surface area (Å²) >= 11 is 0. The second kappa shape index (κ2) is 5.97. The summed E-state index contributed by atoms with van der Waals surface area (Å²) in [6.07, 6.45) is 4.40. The highest BCUT2D eigenvalue weighted by Crippen LogP contribution is 2.23. The van der Waals surface area contributed by atoms with Gasteiger partial charge in [0, 0.05) is 24.3 Å². The molecule has 1 aliphatic heterocycles. The Labute approximate surface area is 127 Å². The maximum atomic E-state index is 12.1. The van der Waals surface area contributed by atoms with Gasteiger partial charge in [-0.15, -0.1) is 0 Å². The maximum Gasteiger partial charge on any atom is 0.249 e. The number of hydrogen-bond donors (Lipinski definition) is 1. The van der Waals surface area contributed by atoms with Crippen molar-refractivity contribution in [3.63, 3.8) is 0 Å². The lowest BCUT2D eigenvalue weighted by molar-refractivity contribution is -0.119. The fraction of sp³-hybridized carbons (Fsp3) is 0.333. The van der Waals surface area contributed by atoms with Crippen LogP contribution in [0.3, 0.4) is 0 Å². The molecule has 0 aliphatic carbocycles. The van der Waals surface area contributed by atoms with Crippen LogP contribution in [0.2, 0.25) is 0 Å². The molecule has 1 aromatic heterocycles. The average molecular weight is 299 g/mol. The Morgan fingerprint density at radius 1 is 1.32 bits per heavy atom. The van der Waals surface area contributed by atoms with E-state index in [1.54, 1.807) is 24.0 Å². The Hall–Kier alpha value is -2.70. The number of nitrogens with one attached hydrogen (secondary N) is 1. The fourth-order valence-electron chi connectivity index (χ4n) is 2.43. The molecular formula is C15H17N5O2. The Kier molecular flexibility index (Phi) is 3.86. The molecule has 114 valence electrons. The summed E-state index contributed by atoms with van der Waals surface area (Å²) in [5.41, 5.74) is 1.55. The lowest BCUT2D eigenvalue weighted by Gasteiger charge is -2.16. The first-order valence-corrected chi connectivity index (χ1v) is 7.20. The van der Waals surface area contributed by atoms with Gasteiger partial charge in [0.25, 0.3) is 0 Å². The molecule has 0 bridgehead atoms. The van der Waals surface area contributed by atoms with Crippen LogP contribution in [0.15, 0.2) is 36.9 Å². The predicted molar refractivity (Wildman–Crippen MR) is 81.4 cm³/mol. The van der Waals surface area contributed by atoms with E-state index in [-0.39, 0.29) is 11.8 Å². The number of amides is 2. The summed E-state index contributed by atoms with van der Waals surface area (Å²) in [6.45, 7) is 2.51. The number of carbonyl (C=O) groups excluding carboxylic acids is 2. The molecule has 1 atom stereocenters. The minimum Gasteiger partial charge on any atom is -0.324 e. The minimum absolute atomic E-state index is 0.150. The van der Waals surface area contributed by atoms with Gasteiger partial charge < -0.3 is 10.2 Å². The SMILES string of the molecule is C[C@@H](C(=O)Nc1ccc(N2CCCC2=O)cc1)n1cncn1. The van der Waals surface area contributed by atoms with E-state index in [4.69, 9.17) is 0 Å². The summed E-state index contributed by atoms with van der Waals surface area (Å²) in [7, 11) is 0. The van der Waals surface area contributed by atoms with Crippen molar-refractivity contribution in [1.82, 2.24) is 14.8 Å². The van der Waals surface area contributed by atoms with Gasteiger partial charge in [0.1, 0.15) is 18.7 Å². The van der Waals surface area contributed by atoms with Crippen LogP contribution in [0.5, 0.6) is 0 Å². The van der Waals surface area contributed by atoms with Crippen molar-refractivity contribution in [1.29, 1.82) is 0 Å². The van der Waals surface area contributed by atoms with Crippen LogP contribution in [0.25, 0.3) is 0 Å². The molecule has 3 rings (SSSR count). The maximum absolute atomic E-state index is 12.1. The zero-order valence-corrected chi connectivity index (χ0v) is 12.3. The lowest BCUT2D eigenvalue weighted by Crippen LogP contribution is -2.25. The molecule has 22 heavy (non-hydrogen) atoms. The van der Waals surface area contributed by atoms with E-state index in [2.05, 4.69) is 15.4 Å². The summed E-state index contributed by atoms with van der Waals surface area (Å²) in [4.78, 5) is 29.4. The highest BCUT2D eigenvalue weighted by Gasteiger charge is 2.21. The third-order valence-electron chi connectivity index (χ3n) is 3.73. The molecule has 1 N–H and O–H groups in total. The Morgan fingerprint density at radius 3 is 2.68 bits per heavy atom. The Bertz CT molecular complexity index is 666. The summed E-state index contributed by atoms with van der Waals surface area (Å²) in [6, 6.07) is 6.85. The molecule has 0 radical (unpaired) electrons. The average Bonchev–Trinajstić information content (AvgIpc) is 3.19. The quantitative estimate of drug-likeness (QED) is 0.930. The molecule has 2 amide bonds. The molecule has 0 saturated carbocycles. The van der Waals surface area contributed by atoms with Crippen molar-refractivity contribution < 1.29 is 9.59 Å². The predicted octanol–water partition coefficient (Wildman–Crippen LogP) is 1.60. The largest absolute Gasteiger partial charge is 0.324 e. The highest BCUT2D eigenvalue weighted by molar-refractivity contribution is 5.96. The van der Waals surface area contributed by atoms with E-state index in [1.165, 1.54) is 17.3 Å². The van der Waals surface area contributed by atoms with Crippen molar-refractivity contribution in [2.45, 2.75) is 25.8 Å². The van der Waals surface area contributed by atoms with Gasteiger partial charge in [-0.2, -0.15) is 5.10 Å². The van der Waals surface area contributed by atoms with E-state index < -0.39 is 6.04 Å². The first-order chi connectivity index (χ1) is 10.6. The number of nitrogens with zero attached hydrogens (tertiary/aromatic N) is 4. The molecule has 2 heterocycles. The molecule has 2 aromatic rings. The highest BCUT2D eigenvalue weighted by atomic mass is 16.2. The summed E-state index contributed by atoms with van der Waals surface area (Å²) in [5, 5.41) is 6.78. The second-order valence-electron chi connectivity index (χ2n) is 5.24. The smallest absolute Gasteiger partial charge is 0.249 e. The minimum atomic E-state index is -0.442. The fourth-order valence-corrected chi connectivity index (χ4v) is 2.43. The van der Waals surface area contributed by atoms with E-state index in [1.807, 2.05) is 12.1 Å².